The number of hydrogen-bond donors (Lipinski definition) is 2. The van der Waals surface area contributed by atoms with Gasteiger partial charge in [-0.1, -0.05) is 38.9 Å². The Bertz CT molecular complexity index is 1050. The van der Waals surface area contributed by atoms with Crippen LogP contribution in [0.3, 0.4) is 0 Å². The maximum atomic E-state index is 12.7. The van der Waals surface area contributed by atoms with Crippen molar-refractivity contribution >= 4 is 31.7 Å². The van der Waals surface area contributed by atoms with E-state index in [4.69, 9.17) is 14.2 Å². The lowest BCUT2D eigenvalue weighted by Crippen LogP contribution is -2.46. The molecule has 2 N–H and O–H groups in total. The van der Waals surface area contributed by atoms with Gasteiger partial charge < -0.3 is 29.7 Å². The number of nitrogens with one attached hydrogen (secondary N) is 2. The molecule has 180 valence electrons. The first kappa shape index (κ1) is 23.2. The maximum Gasteiger partial charge on any atom is 0.319 e. The summed E-state index contributed by atoms with van der Waals surface area (Å²) in [6.45, 7) is 4.20. The molecule has 1 fully saturated rings. The topological polar surface area (TPSA) is 72.1 Å². The molecular weight excluding hydrogens is 449 g/mol. The monoisotopic (exact) mass is 481 g/mol. The summed E-state index contributed by atoms with van der Waals surface area (Å²) in [4.78, 5) is 15.2. The quantitative estimate of drug-likeness (QED) is 0.617. The van der Waals surface area contributed by atoms with Crippen LogP contribution in [0.5, 0.6) is 11.5 Å². The minimum atomic E-state index is -0.128. The number of urea groups is 1. The molecule has 2 atom stereocenters. The lowest BCUT2D eigenvalue weighted by molar-refractivity contribution is 0.171. The number of ether oxygens (including phenoxy) is 3. The van der Waals surface area contributed by atoms with Crippen LogP contribution in [-0.4, -0.2) is 62.8 Å². The third-order valence-electron chi connectivity index (χ3n) is 6.58. The van der Waals surface area contributed by atoms with Gasteiger partial charge in [-0.25, -0.2) is 4.79 Å². The second-order valence-electron chi connectivity index (χ2n) is 8.87. The van der Waals surface area contributed by atoms with E-state index in [0.717, 1.165) is 67.0 Å². The molecule has 34 heavy (non-hydrogen) atoms. The number of fused-ring (bicyclic) bond motifs is 2. The molecule has 0 saturated carbocycles. The zero-order valence-corrected chi connectivity index (χ0v) is 20.5. The van der Waals surface area contributed by atoms with Gasteiger partial charge in [0.05, 0.1) is 11.5 Å². The number of amides is 2. The standard InChI is InChI=1S/C26H32N3O4P/c1-31-24-8-6-19-3-2-4-21(25(19)34-24)28-26(30)27-20-10-13-29(14-11-20)12-9-18-5-7-22-23(17-18)33-16-15-32-22/h2-8,17,20,24,34H,9-16H2,1H3,(H2,27,28,30). The van der Waals surface area contributed by atoms with Crippen molar-refractivity contribution in [2.24, 2.45) is 0 Å². The maximum absolute atomic E-state index is 12.7. The summed E-state index contributed by atoms with van der Waals surface area (Å²) in [6, 6.07) is 12.3. The summed E-state index contributed by atoms with van der Waals surface area (Å²) < 4.78 is 16.8. The van der Waals surface area contributed by atoms with Crippen molar-refractivity contribution in [3.63, 3.8) is 0 Å². The number of piperidine rings is 1. The van der Waals surface area contributed by atoms with Gasteiger partial charge in [0, 0.05) is 38.1 Å². The third kappa shape index (κ3) is 5.54. The molecule has 0 aliphatic carbocycles. The van der Waals surface area contributed by atoms with Gasteiger partial charge in [-0.2, -0.15) is 0 Å². The van der Waals surface area contributed by atoms with Crippen molar-refractivity contribution in [3.05, 3.63) is 53.6 Å². The molecule has 2 aromatic rings. The van der Waals surface area contributed by atoms with Gasteiger partial charge in [-0.3, -0.25) is 0 Å². The number of anilines is 1. The fraction of sp³-hybridized carbons (Fsp3) is 0.423. The number of likely N-dealkylation sites (tertiary alicyclic amines) is 1. The van der Waals surface area contributed by atoms with Crippen LogP contribution in [0.1, 0.15) is 24.0 Å². The SMILES string of the molecule is COC1C=Cc2cccc(NC(=O)NC3CCN(CCc4ccc5c(c4)OCCO5)CC3)c2P1. The number of methoxy groups -OCH3 is 1. The summed E-state index contributed by atoms with van der Waals surface area (Å²) in [5.41, 5.74) is 3.29. The Morgan fingerprint density at radius 1 is 1.15 bits per heavy atom. The molecule has 5 rings (SSSR count). The van der Waals surface area contributed by atoms with E-state index in [0.29, 0.717) is 21.8 Å². The highest BCUT2D eigenvalue weighted by Gasteiger charge is 2.22. The van der Waals surface area contributed by atoms with Gasteiger partial charge in [0.25, 0.3) is 0 Å². The normalized spacial score (nSPS) is 20.7. The fourth-order valence-electron chi connectivity index (χ4n) is 4.67. The smallest absolute Gasteiger partial charge is 0.319 e. The molecule has 3 aliphatic heterocycles. The lowest BCUT2D eigenvalue weighted by atomic mass is 10.0. The molecule has 0 bridgehead atoms. The predicted molar refractivity (Wildman–Crippen MR) is 137 cm³/mol. The van der Waals surface area contributed by atoms with Crippen molar-refractivity contribution in [1.29, 1.82) is 0 Å². The number of hydrogen-bond acceptors (Lipinski definition) is 5. The molecule has 0 spiro atoms. The van der Waals surface area contributed by atoms with E-state index in [1.807, 2.05) is 18.2 Å². The van der Waals surface area contributed by atoms with E-state index >= 15 is 0 Å². The number of benzene rings is 2. The van der Waals surface area contributed by atoms with Crippen LogP contribution in [0.15, 0.2) is 42.5 Å². The first-order valence-electron chi connectivity index (χ1n) is 12.0. The Balaban J connectivity index is 1.08. The van der Waals surface area contributed by atoms with Gasteiger partial charge >= 0.3 is 6.03 Å². The second kappa shape index (κ2) is 10.8. The van der Waals surface area contributed by atoms with Gasteiger partial charge in [-0.05, 0) is 48.6 Å². The molecule has 0 radical (unpaired) electrons. The van der Waals surface area contributed by atoms with Crippen molar-refractivity contribution < 1.29 is 19.0 Å². The van der Waals surface area contributed by atoms with Gasteiger partial charge in [0.2, 0.25) is 0 Å². The first-order valence-corrected chi connectivity index (χ1v) is 13.0. The van der Waals surface area contributed by atoms with E-state index < -0.39 is 0 Å². The van der Waals surface area contributed by atoms with E-state index in [-0.39, 0.29) is 17.9 Å². The largest absolute Gasteiger partial charge is 0.486 e. The zero-order valence-electron chi connectivity index (χ0n) is 19.5. The fourth-order valence-corrected chi connectivity index (χ4v) is 5.90. The van der Waals surface area contributed by atoms with E-state index in [9.17, 15) is 4.79 Å². The molecule has 2 aromatic carbocycles. The summed E-state index contributed by atoms with van der Waals surface area (Å²) in [5.74, 6) is 1.77. The predicted octanol–water partition coefficient (Wildman–Crippen LogP) is 3.59. The highest BCUT2D eigenvalue weighted by atomic mass is 31.1. The molecule has 2 unspecified atom stereocenters. The highest BCUT2D eigenvalue weighted by molar-refractivity contribution is 7.48. The molecule has 7 nitrogen and oxygen atoms in total. The molecule has 3 heterocycles. The van der Waals surface area contributed by atoms with Crippen LogP contribution in [-0.2, 0) is 11.2 Å². The number of rotatable bonds is 6. The molecule has 1 saturated heterocycles. The highest BCUT2D eigenvalue weighted by Crippen LogP contribution is 2.32. The number of nitrogens with zero attached hydrogens (tertiary/aromatic N) is 1. The van der Waals surface area contributed by atoms with Crippen molar-refractivity contribution in [2.45, 2.75) is 31.1 Å². The Hall–Kier alpha value is -2.60. The summed E-state index contributed by atoms with van der Waals surface area (Å²) in [6.07, 6.45) is 7.04. The van der Waals surface area contributed by atoms with Crippen molar-refractivity contribution in [2.75, 3.05) is 45.3 Å². The lowest BCUT2D eigenvalue weighted by Gasteiger charge is -2.32. The van der Waals surface area contributed by atoms with Gasteiger partial charge in [0.15, 0.2) is 11.5 Å². The zero-order chi connectivity index (χ0) is 23.3. The van der Waals surface area contributed by atoms with Crippen LogP contribution in [0.25, 0.3) is 6.08 Å². The van der Waals surface area contributed by atoms with Gasteiger partial charge in [0.1, 0.15) is 13.2 Å². The molecule has 0 aromatic heterocycles. The van der Waals surface area contributed by atoms with Crippen LogP contribution in [0.2, 0.25) is 0 Å². The second-order valence-corrected chi connectivity index (χ2v) is 10.2. The van der Waals surface area contributed by atoms with E-state index in [1.165, 1.54) is 5.56 Å². The average Bonchev–Trinajstić information content (AvgIpc) is 2.88. The minimum absolute atomic E-state index is 0.0741. The van der Waals surface area contributed by atoms with Crippen LogP contribution >= 0.6 is 8.58 Å². The number of carbonyl (C=O) groups excluding carboxylic acids is 1. The van der Waals surface area contributed by atoms with E-state index in [1.54, 1.807) is 7.11 Å². The van der Waals surface area contributed by atoms with E-state index in [2.05, 4.69) is 45.9 Å². The van der Waals surface area contributed by atoms with Crippen LogP contribution < -0.4 is 25.4 Å². The number of carbonyl (C=O) groups is 1. The summed E-state index contributed by atoms with van der Waals surface area (Å²) in [5, 5.41) is 7.40. The van der Waals surface area contributed by atoms with Crippen molar-refractivity contribution in [3.8, 4) is 11.5 Å². The summed E-state index contributed by atoms with van der Waals surface area (Å²) >= 11 is 0. The summed E-state index contributed by atoms with van der Waals surface area (Å²) in [7, 11) is 2.20. The Kier molecular flexibility index (Phi) is 7.33. The molecule has 8 heteroatoms. The Morgan fingerprint density at radius 2 is 1.97 bits per heavy atom. The molecule has 2 amide bonds. The van der Waals surface area contributed by atoms with Crippen LogP contribution in [0, 0.1) is 0 Å². The average molecular weight is 482 g/mol. The van der Waals surface area contributed by atoms with Crippen LogP contribution in [0.4, 0.5) is 10.5 Å². The van der Waals surface area contributed by atoms with Gasteiger partial charge in [-0.15, -0.1) is 0 Å². The minimum Gasteiger partial charge on any atom is -0.486 e. The molecule has 3 aliphatic rings. The first-order chi connectivity index (χ1) is 16.7. The Labute approximate surface area is 202 Å². The van der Waals surface area contributed by atoms with Crippen molar-refractivity contribution in [1.82, 2.24) is 10.2 Å². The Morgan fingerprint density at radius 3 is 2.79 bits per heavy atom. The third-order valence-corrected chi connectivity index (χ3v) is 8.14. The molecular formula is C26H32N3O4P.